The minimum atomic E-state index is -0.158. The van der Waals surface area contributed by atoms with E-state index in [1.807, 2.05) is 19.9 Å². The van der Waals surface area contributed by atoms with E-state index in [1.54, 1.807) is 35.1 Å². The lowest BCUT2D eigenvalue weighted by Gasteiger charge is -2.11. The van der Waals surface area contributed by atoms with Crippen LogP contribution in [0.2, 0.25) is 5.02 Å². The Kier molecular flexibility index (Phi) is 5.23. The molecule has 0 atom stereocenters. The van der Waals surface area contributed by atoms with E-state index in [4.69, 9.17) is 20.5 Å². The van der Waals surface area contributed by atoms with Crippen LogP contribution in [-0.2, 0) is 12.3 Å². The van der Waals surface area contributed by atoms with Gasteiger partial charge < -0.3 is 8.94 Å². The summed E-state index contributed by atoms with van der Waals surface area (Å²) in [6.45, 7) is 4.27. The second kappa shape index (κ2) is 7.81. The van der Waals surface area contributed by atoms with E-state index in [0.29, 0.717) is 44.3 Å². The first-order valence-electron chi connectivity index (χ1n) is 8.69. The molecule has 7 nitrogen and oxygen atoms in total. The summed E-state index contributed by atoms with van der Waals surface area (Å²) in [6.07, 6.45) is 1.58. The van der Waals surface area contributed by atoms with E-state index < -0.39 is 0 Å². The van der Waals surface area contributed by atoms with Crippen molar-refractivity contribution in [2.24, 2.45) is 0 Å². The molecule has 0 aliphatic rings. The fraction of sp³-hybridized carbons (Fsp3) is 0.263. The molecule has 1 aromatic carbocycles. The average molecular weight is 417 g/mol. The molecule has 0 fully saturated rings. The Morgan fingerprint density at radius 1 is 1.25 bits per heavy atom. The number of halogens is 1. The standard InChI is InChI=1S/C19H17ClN4O3S/c1-11(2)17-22-16(27-23-17)10-28-19-21-15-8-12(20)5-6-14(15)18(25)24(19)9-13-4-3-7-26-13/h3-8,11H,9-10H2,1-2H3. The fourth-order valence-corrected chi connectivity index (χ4v) is 3.67. The number of fused-ring (bicyclic) bond motifs is 1. The lowest BCUT2D eigenvalue weighted by atomic mass is 10.2. The van der Waals surface area contributed by atoms with Gasteiger partial charge in [0.05, 0.1) is 29.5 Å². The predicted molar refractivity (Wildman–Crippen MR) is 107 cm³/mol. The molecule has 0 N–H and O–H groups in total. The lowest BCUT2D eigenvalue weighted by Crippen LogP contribution is -2.23. The van der Waals surface area contributed by atoms with Crippen LogP contribution in [0.5, 0.6) is 0 Å². The third kappa shape index (κ3) is 3.83. The topological polar surface area (TPSA) is 87.0 Å². The maximum atomic E-state index is 13.1. The number of nitrogens with zero attached hydrogens (tertiary/aromatic N) is 4. The van der Waals surface area contributed by atoms with E-state index in [9.17, 15) is 4.79 Å². The molecule has 3 aromatic heterocycles. The van der Waals surface area contributed by atoms with Crippen molar-refractivity contribution in [1.29, 1.82) is 0 Å². The van der Waals surface area contributed by atoms with Crippen molar-refractivity contribution < 1.29 is 8.94 Å². The highest BCUT2D eigenvalue weighted by Gasteiger charge is 2.16. The second-order valence-corrected chi connectivity index (χ2v) is 7.90. The highest BCUT2D eigenvalue weighted by atomic mass is 35.5. The molecule has 4 aromatic rings. The van der Waals surface area contributed by atoms with Crippen LogP contribution in [0.15, 0.2) is 55.5 Å². The van der Waals surface area contributed by atoms with Gasteiger partial charge in [0.1, 0.15) is 5.76 Å². The summed E-state index contributed by atoms with van der Waals surface area (Å²) in [5.41, 5.74) is 0.387. The molecule has 0 aliphatic carbocycles. The number of thioether (sulfide) groups is 1. The zero-order valence-electron chi connectivity index (χ0n) is 15.3. The quantitative estimate of drug-likeness (QED) is 0.338. The van der Waals surface area contributed by atoms with E-state index in [-0.39, 0.29) is 18.0 Å². The molecule has 0 amide bonds. The van der Waals surface area contributed by atoms with Gasteiger partial charge in [-0.25, -0.2) is 4.98 Å². The van der Waals surface area contributed by atoms with Crippen molar-refractivity contribution in [3.63, 3.8) is 0 Å². The molecule has 3 heterocycles. The zero-order chi connectivity index (χ0) is 19.7. The summed E-state index contributed by atoms with van der Waals surface area (Å²) in [5, 5.41) is 5.52. The number of rotatable bonds is 6. The Bertz CT molecular complexity index is 1170. The van der Waals surface area contributed by atoms with E-state index in [0.717, 1.165) is 0 Å². The van der Waals surface area contributed by atoms with Crippen LogP contribution in [0.25, 0.3) is 10.9 Å². The largest absolute Gasteiger partial charge is 0.467 e. The molecule has 0 unspecified atom stereocenters. The van der Waals surface area contributed by atoms with Crippen LogP contribution < -0.4 is 5.56 Å². The third-order valence-electron chi connectivity index (χ3n) is 4.10. The van der Waals surface area contributed by atoms with E-state index >= 15 is 0 Å². The summed E-state index contributed by atoms with van der Waals surface area (Å²) in [4.78, 5) is 22.1. The molecule has 0 spiro atoms. The molecule has 0 aliphatic heterocycles. The summed E-state index contributed by atoms with van der Waals surface area (Å²) >= 11 is 7.43. The Hall–Kier alpha value is -2.58. The third-order valence-corrected chi connectivity index (χ3v) is 5.30. The molecule has 28 heavy (non-hydrogen) atoms. The first-order valence-corrected chi connectivity index (χ1v) is 10.1. The molecule has 4 rings (SSSR count). The highest BCUT2D eigenvalue weighted by Crippen LogP contribution is 2.24. The van der Waals surface area contributed by atoms with E-state index in [2.05, 4.69) is 15.1 Å². The van der Waals surface area contributed by atoms with Crippen molar-refractivity contribution >= 4 is 34.3 Å². The first-order chi connectivity index (χ1) is 13.5. The number of furan rings is 1. The molecule has 144 valence electrons. The highest BCUT2D eigenvalue weighted by molar-refractivity contribution is 7.98. The van der Waals surface area contributed by atoms with Crippen LogP contribution in [0.1, 0.15) is 37.2 Å². The van der Waals surface area contributed by atoms with Gasteiger partial charge in [-0.15, -0.1) is 0 Å². The monoisotopic (exact) mass is 416 g/mol. The van der Waals surface area contributed by atoms with Gasteiger partial charge >= 0.3 is 0 Å². The molecule has 0 saturated heterocycles. The Morgan fingerprint density at radius 2 is 2.11 bits per heavy atom. The molecule has 9 heteroatoms. The fourth-order valence-electron chi connectivity index (χ4n) is 2.67. The lowest BCUT2D eigenvalue weighted by molar-refractivity contribution is 0.382. The maximum Gasteiger partial charge on any atom is 0.262 e. The second-order valence-electron chi connectivity index (χ2n) is 6.52. The molecular weight excluding hydrogens is 400 g/mol. The normalized spacial score (nSPS) is 11.6. The minimum absolute atomic E-state index is 0.158. The molecule has 0 saturated carbocycles. The van der Waals surface area contributed by atoms with Gasteiger partial charge in [-0.1, -0.05) is 42.4 Å². The Labute approximate surface area is 169 Å². The molecule has 0 bridgehead atoms. The molecule has 0 radical (unpaired) electrons. The summed E-state index contributed by atoms with van der Waals surface area (Å²) < 4.78 is 12.3. The van der Waals surface area contributed by atoms with Crippen LogP contribution >= 0.6 is 23.4 Å². The van der Waals surface area contributed by atoms with Crippen molar-refractivity contribution in [2.45, 2.75) is 37.2 Å². The number of hydrogen-bond donors (Lipinski definition) is 0. The van der Waals surface area contributed by atoms with Crippen LogP contribution in [0.3, 0.4) is 0 Å². The van der Waals surface area contributed by atoms with Gasteiger partial charge in [0.25, 0.3) is 5.56 Å². The van der Waals surface area contributed by atoms with Gasteiger partial charge in [-0.2, -0.15) is 4.98 Å². The maximum absolute atomic E-state index is 13.1. The minimum Gasteiger partial charge on any atom is -0.467 e. The summed E-state index contributed by atoms with van der Waals surface area (Å²) in [5.74, 6) is 2.39. The SMILES string of the molecule is CC(C)c1noc(CSc2nc3cc(Cl)ccc3c(=O)n2Cc2ccco2)n1. The van der Waals surface area contributed by atoms with E-state index in [1.165, 1.54) is 11.8 Å². The summed E-state index contributed by atoms with van der Waals surface area (Å²) in [6, 6.07) is 8.66. The predicted octanol–water partition coefficient (Wildman–Crippen LogP) is 4.49. The molecular formula is C19H17ClN4O3S. The van der Waals surface area contributed by atoms with Crippen molar-refractivity contribution in [2.75, 3.05) is 0 Å². The zero-order valence-corrected chi connectivity index (χ0v) is 16.8. The first kappa shape index (κ1) is 18.8. The Balaban J connectivity index is 1.72. The number of benzene rings is 1. The smallest absolute Gasteiger partial charge is 0.262 e. The van der Waals surface area contributed by atoms with Gasteiger partial charge in [0, 0.05) is 10.9 Å². The van der Waals surface area contributed by atoms with Crippen molar-refractivity contribution in [3.05, 3.63) is 69.4 Å². The van der Waals surface area contributed by atoms with Gasteiger partial charge in [-0.05, 0) is 30.3 Å². The van der Waals surface area contributed by atoms with Gasteiger partial charge in [-0.3, -0.25) is 9.36 Å². The van der Waals surface area contributed by atoms with Crippen LogP contribution in [0.4, 0.5) is 0 Å². The summed E-state index contributed by atoms with van der Waals surface area (Å²) in [7, 11) is 0. The van der Waals surface area contributed by atoms with Crippen molar-refractivity contribution in [3.8, 4) is 0 Å². The Morgan fingerprint density at radius 3 is 2.82 bits per heavy atom. The van der Waals surface area contributed by atoms with Gasteiger partial charge in [0.2, 0.25) is 5.89 Å². The van der Waals surface area contributed by atoms with Crippen LogP contribution in [0, 0.1) is 0 Å². The average Bonchev–Trinajstić information content (AvgIpc) is 3.34. The number of aromatic nitrogens is 4. The van der Waals surface area contributed by atoms with Gasteiger partial charge in [0.15, 0.2) is 11.0 Å². The van der Waals surface area contributed by atoms with Crippen molar-refractivity contribution in [1.82, 2.24) is 19.7 Å². The number of hydrogen-bond acceptors (Lipinski definition) is 7. The van der Waals surface area contributed by atoms with Crippen LogP contribution in [-0.4, -0.2) is 19.7 Å².